The molecule has 0 aliphatic heterocycles. The first-order valence-corrected chi connectivity index (χ1v) is 5.27. The second kappa shape index (κ2) is 4.63. The van der Waals surface area contributed by atoms with Gasteiger partial charge in [0, 0.05) is 0 Å². The Morgan fingerprint density at radius 2 is 1.65 bits per heavy atom. The predicted molar refractivity (Wildman–Crippen MR) is 61.6 cm³/mol. The van der Waals surface area contributed by atoms with Crippen LogP contribution in [0.2, 0.25) is 0 Å². The molecule has 0 fully saturated rings. The number of hydrogen-bond acceptors (Lipinski definition) is 1. The van der Waals surface area contributed by atoms with Crippen LogP contribution in [-0.4, -0.2) is 5.11 Å². The van der Waals surface area contributed by atoms with Crippen LogP contribution in [0.3, 0.4) is 0 Å². The Morgan fingerprint density at radius 3 is 2.29 bits per heavy atom. The van der Waals surface area contributed by atoms with E-state index in [1.807, 2.05) is 25.1 Å². The van der Waals surface area contributed by atoms with Crippen molar-refractivity contribution in [3.63, 3.8) is 0 Å². The second-order valence-electron chi connectivity index (χ2n) is 3.99. The van der Waals surface area contributed by atoms with Crippen molar-refractivity contribution in [3.8, 4) is 0 Å². The lowest BCUT2D eigenvalue weighted by Gasteiger charge is -2.12. The van der Waals surface area contributed by atoms with E-state index in [2.05, 4.69) is 0 Å². The first-order valence-electron chi connectivity index (χ1n) is 5.27. The van der Waals surface area contributed by atoms with Gasteiger partial charge in [0.05, 0.1) is 0 Å². The summed E-state index contributed by atoms with van der Waals surface area (Å²) in [6, 6.07) is 10.7. The number of rotatable bonds is 2. The van der Waals surface area contributed by atoms with Crippen molar-refractivity contribution < 1.29 is 13.9 Å². The summed E-state index contributed by atoms with van der Waals surface area (Å²) in [5.74, 6) is -1.86. The highest BCUT2D eigenvalue weighted by atomic mass is 19.2. The molecule has 2 aromatic rings. The van der Waals surface area contributed by atoms with Gasteiger partial charge in [0.15, 0.2) is 11.6 Å². The molecule has 0 unspecified atom stereocenters. The normalized spacial score (nSPS) is 12.5. The third-order valence-corrected chi connectivity index (χ3v) is 2.62. The van der Waals surface area contributed by atoms with Gasteiger partial charge in [-0.1, -0.05) is 35.9 Å². The quantitative estimate of drug-likeness (QED) is 0.844. The van der Waals surface area contributed by atoms with E-state index in [-0.39, 0.29) is 0 Å². The van der Waals surface area contributed by atoms with Gasteiger partial charge in [-0.15, -0.1) is 0 Å². The zero-order valence-corrected chi connectivity index (χ0v) is 9.32. The molecular formula is C14H12F2O. The van der Waals surface area contributed by atoms with Crippen LogP contribution in [-0.2, 0) is 0 Å². The van der Waals surface area contributed by atoms with Gasteiger partial charge in [-0.3, -0.25) is 0 Å². The Labute approximate surface area is 98.3 Å². The van der Waals surface area contributed by atoms with Crippen LogP contribution in [0.4, 0.5) is 8.78 Å². The Bertz CT molecular complexity index is 537. The first kappa shape index (κ1) is 11.7. The van der Waals surface area contributed by atoms with Gasteiger partial charge in [0.25, 0.3) is 0 Å². The van der Waals surface area contributed by atoms with Gasteiger partial charge in [0.2, 0.25) is 0 Å². The average Bonchev–Trinajstić information content (AvgIpc) is 2.32. The third kappa shape index (κ3) is 2.50. The van der Waals surface area contributed by atoms with Crippen LogP contribution in [0.1, 0.15) is 22.8 Å². The molecule has 0 spiro atoms. The molecule has 3 heteroatoms. The van der Waals surface area contributed by atoms with Crippen molar-refractivity contribution in [1.29, 1.82) is 0 Å². The van der Waals surface area contributed by atoms with Gasteiger partial charge < -0.3 is 5.11 Å². The largest absolute Gasteiger partial charge is 0.384 e. The fraction of sp³-hybridized carbons (Fsp3) is 0.143. The van der Waals surface area contributed by atoms with Gasteiger partial charge in [0.1, 0.15) is 6.10 Å². The molecule has 1 nitrogen and oxygen atoms in total. The molecule has 88 valence electrons. The monoisotopic (exact) mass is 234 g/mol. The van der Waals surface area contributed by atoms with E-state index in [9.17, 15) is 13.9 Å². The number of aryl methyl sites for hydroxylation is 1. The van der Waals surface area contributed by atoms with Crippen molar-refractivity contribution in [1.82, 2.24) is 0 Å². The molecule has 1 N–H and O–H groups in total. The molecular weight excluding hydrogens is 222 g/mol. The zero-order chi connectivity index (χ0) is 12.4. The van der Waals surface area contributed by atoms with Gasteiger partial charge in [-0.25, -0.2) is 8.78 Å². The highest BCUT2D eigenvalue weighted by molar-refractivity contribution is 5.32. The molecule has 17 heavy (non-hydrogen) atoms. The Hall–Kier alpha value is -1.74. The summed E-state index contributed by atoms with van der Waals surface area (Å²) in [6.45, 7) is 1.90. The van der Waals surface area contributed by atoms with Crippen LogP contribution in [0.5, 0.6) is 0 Å². The Balaban J connectivity index is 2.36. The standard InChI is InChI=1S/C14H12F2O/c1-9-3-2-4-10(7-9)14(17)11-5-6-12(15)13(16)8-11/h2-8,14,17H,1H3/t14-/m0/s1. The molecule has 0 aromatic heterocycles. The van der Waals surface area contributed by atoms with Crippen molar-refractivity contribution in [3.05, 3.63) is 70.8 Å². The van der Waals surface area contributed by atoms with Gasteiger partial charge in [-0.2, -0.15) is 0 Å². The Morgan fingerprint density at radius 1 is 0.941 bits per heavy atom. The summed E-state index contributed by atoms with van der Waals surface area (Å²) in [5, 5.41) is 10.0. The van der Waals surface area contributed by atoms with E-state index >= 15 is 0 Å². The molecule has 0 amide bonds. The molecule has 0 radical (unpaired) electrons. The summed E-state index contributed by atoms with van der Waals surface area (Å²) in [6.07, 6.45) is -0.940. The molecule has 0 heterocycles. The van der Waals surface area contributed by atoms with Crippen molar-refractivity contribution in [2.45, 2.75) is 13.0 Å². The molecule has 1 atom stereocenters. The van der Waals surface area contributed by atoms with Crippen LogP contribution in [0.15, 0.2) is 42.5 Å². The number of aliphatic hydroxyl groups excluding tert-OH is 1. The van der Waals surface area contributed by atoms with Crippen LogP contribution in [0, 0.1) is 18.6 Å². The van der Waals surface area contributed by atoms with Crippen molar-refractivity contribution >= 4 is 0 Å². The van der Waals surface area contributed by atoms with Crippen molar-refractivity contribution in [2.24, 2.45) is 0 Å². The molecule has 0 bridgehead atoms. The fourth-order valence-corrected chi connectivity index (χ4v) is 1.72. The third-order valence-electron chi connectivity index (χ3n) is 2.62. The number of halogens is 2. The lowest BCUT2D eigenvalue weighted by Crippen LogP contribution is -2.01. The smallest absolute Gasteiger partial charge is 0.159 e. The minimum absolute atomic E-state index is 0.342. The van der Waals surface area contributed by atoms with E-state index in [0.29, 0.717) is 11.1 Å². The lowest BCUT2D eigenvalue weighted by atomic mass is 10.00. The zero-order valence-electron chi connectivity index (χ0n) is 9.32. The molecule has 0 aliphatic rings. The lowest BCUT2D eigenvalue weighted by molar-refractivity contribution is 0.219. The average molecular weight is 234 g/mol. The van der Waals surface area contributed by atoms with Crippen molar-refractivity contribution in [2.75, 3.05) is 0 Å². The summed E-state index contributed by atoms with van der Waals surface area (Å²) in [7, 11) is 0. The summed E-state index contributed by atoms with van der Waals surface area (Å²) >= 11 is 0. The summed E-state index contributed by atoms with van der Waals surface area (Å²) in [5.41, 5.74) is 2.01. The Kier molecular flexibility index (Phi) is 3.20. The SMILES string of the molecule is Cc1cccc([C@H](O)c2ccc(F)c(F)c2)c1. The molecule has 0 aliphatic carbocycles. The maximum Gasteiger partial charge on any atom is 0.159 e. The topological polar surface area (TPSA) is 20.2 Å². The summed E-state index contributed by atoms with van der Waals surface area (Å²) in [4.78, 5) is 0. The van der Waals surface area contributed by atoms with E-state index < -0.39 is 17.7 Å². The number of aliphatic hydroxyl groups is 1. The van der Waals surface area contributed by atoms with Crippen LogP contribution >= 0.6 is 0 Å². The minimum Gasteiger partial charge on any atom is -0.384 e. The fourth-order valence-electron chi connectivity index (χ4n) is 1.72. The van der Waals surface area contributed by atoms with E-state index in [0.717, 1.165) is 17.7 Å². The maximum atomic E-state index is 13.0. The highest BCUT2D eigenvalue weighted by Crippen LogP contribution is 2.23. The van der Waals surface area contributed by atoms with Gasteiger partial charge in [-0.05, 0) is 30.2 Å². The number of hydrogen-bond donors (Lipinski definition) is 1. The van der Waals surface area contributed by atoms with Gasteiger partial charge >= 0.3 is 0 Å². The number of benzene rings is 2. The second-order valence-corrected chi connectivity index (χ2v) is 3.99. The summed E-state index contributed by atoms with van der Waals surface area (Å²) < 4.78 is 25.8. The predicted octanol–water partition coefficient (Wildman–Crippen LogP) is 3.35. The minimum atomic E-state index is -0.950. The molecule has 2 rings (SSSR count). The molecule has 0 saturated carbocycles. The maximum absolute atomic E-state index is 13.0. The molecule has 2 aromatic carbocycles. The van der Waals surface area contributed by atoms with E-state index in [1.54, 1.807) is 6.07 Å². The van der Waals surface area contributed by atoms with Crippen LogP contribution < -0.4 is 0 Å². The highest BCUT2D eigenvalue weighted by Gasteiger charge is 2.12. The first-order chi connectivity index (χ1) is 8.08. The van der Waals surface area contributed by atoms with E-state index in [1.165, 1.54) is 6.07 Å². The van der Waals surface area contributed by atoms with Crippen LogP contribution in [0.25, 0.3) is 0 Å². The van der Waals surface area contributed by atoms with E-state index in [4.69, 9.17) is 0 Å². The molecule has 0 saturated heterocycles.